The van der Waals surface area contributed by atoms with Gasteiger partial charge in [-0.1, -0.05) is 30.3 Å². The summed E-state index contributed by atoms with van der Waals surface area (Å²) in [4.78, 5) is 23.3. The molecule has 0 aliphatic heterocycles. The third-order valence-electron chi connectivity index (χ3n) is 2.67. The lowest BCUT2D eigenvalue weighted by Crippen LogP contribution is -2.32. The number of carbonyl (C=O) groups excluding carboxylic acids is 2. The molecule has 0 unspecified atom stereocenters. The van der Waals surface area contributed by atoms with Crippen molar-refractivity contribution in [3.8, 4) is 11.8 Å². The molecule has 0 aromatic heterocycles. The maximum Gasteiger partial charge on any atom is 0.419 e. The van der Waals surface area contributed by atoms with Gasteiger partial charge in [-0.15, -0.1) is 0 Å². The predicted octanol–water partition coefficient (Wildman–Crippen LogP) is 2.68. The van der Waals surface area contributed by atoms with Gasteiger partial charge in [-0.3, -0.25) is 10.1 Å². The second-order valence-electron chi connectivity index (χ2n) is 4.19. The van der Waals surface area contributed by atoms with E-state index >= 15 is 0 Å². The molecule has 104 valence electrons. The molecule has 0 heterocycles. The fourth-order valence-electron chi connectivity index (χ4n) is 1.65. The molecule has 5 nitrogen and oxygen atoms in total. The summed E-state index contributed by atoms with van der Waals surface area (Å²) in [5, 5.41) is 10.7. The van der Waals surface area contributed by atoms with Crippen molar-refractivity contribution in [2.24, 2.45) is 0 Å². The van der Waals surface area contributed by atoms with Gasteiger partial charge in [0.05, 0.1) is 12.5 Å². The molecular formula is C16H12N2O3. The molecule has 1 N–H and O–H groups in total. The van der Waals surface area contributed by atoms with Crippen molar-refractivity contribution in [1.29, 1.82) is 5.26 Å². The van der Waals surface area contributed by atoms with Gasteiger partial charge in [-0.25, -0.2) is 4.79 Å². The number of amides is 2. The van der Waals surface area contributed by atoms with E-state index in [0.29, 0.717) is 17.7 Å². The third kappa shape index (κ3) is 4.18. The minimum absolute atomic E-state index is 0.291. The van der Waals surface area contributed by atoms with Gasteiger partial charge in [0.25, 0.3) is 5.91 Å². The SMILES string of the molecule is N#CCc1ccc(OC(=O)NC(=O)c2ccccc2)cc1. The van der Waals surface area contributed by atoms with Crippen LogP contribution in [-0.4, -0.2) is 12.0 Å². The van der Waals surface area contributed by atoms with Gasteiger partial charge in [0.2, 0.25) is 0 Å². The molecule has 2 amide bonds. The third-order valence-corrected chi connectivity index (χ3v) is 2.67. The Bertz CT molecular complexity index is 673. The second-order valence-corrected chi connectivity index (χ2v) is 4.19. The van der Waals surface area contributed by atoms with E-state index in [1.165, 1.54) is 0 Å². The summed E-state index contributed by atoms with van der Waals surface area (Å²) in [6, 6.07) is 16.9. The van der Waals surface area contributed by atoms with Gasteiger partial charge in [0, 0.05) is 5.56 Å². The summed E-state index contributed by atoms with van der Waals surface area (Å²) in [5.74, 6) is -0.225. The number of hydrogen-bond donors (Lipinski definition) is 1. The molecule has 0 aliphatic rings. The van der Waals surface area contributed by atoms with Gasteiger partial charge >= 0.3 is 6.09 Å². The van der Waals surface area contributed by atoms with Crippen molar-refractivity contribution in [2.75, 3.05) is 0 Å². The van der Waals surface area contributed by atoms with Crippen LogP contribution in [0, 0.1) is 11.3 Å². The molecule has 0 saturated carbocycles. The molecule has 2 aromatic carbocycles. The summed E-state index contributed by atoms with van der Waals surface area (Å²) >= 11 is 0. The Morgan fingerprint density at radius 2 is 1.71 bits per heavy atom. The minimum atomic E-state index is -0.850. The maximum atomic E-state index is 11.7. The number of nitrogens with one attached hydrogen (secondary N) is 1. The molecule has 2 rings (SSSR count). The monoisotopic (exact) mass is 280 g/mol. The molecule has 0 bridgehead atoms. The zero-order chi connectivity index (χ0) is 15.1. The van der Waals surface area contributed by atoms with Crippen LogP contribution in [0.1, 0.15) is 15.9 Å². The molecule has 5 heteroatoms. The van der Waals surface area contributed by atoms with Gasteiger partial charge in [0.1, 0.15) is 5.75 Å². The lowest BCUT2D eigenvalue weighted by Gasteiger charge is -2.06. The van der Waals surface area contributed by atoms with Crippen LogP contribution in [0.5, 0.6) is 5.75 Å². The fraction of sp³-hybridized carbons (Fsp3) is 0.0625. The summed E-state index contributed by atoms with van der Waals surface area (Å²) in [6.45, 7) is 0. The van der Waals surface area contributed by atoms with E-state index in [9.17, 15) is 9.59 Å². The molecule has 0 aliphatic carbocycles. The topological polar surface area (TPSA) is 79.2 Å². The lowest BCUT2D eigenvalue weighted by atomic mass is 10.2. The van der Waals surface area contributed by atoms with Gasteiger partial charge < -0.3 is 4.74 Å². The van der Waals surface area contributed by atoms with Gasteiger partial charge in [-0.05, 0) is 29.8 Å². The van der Waals surface area contributed by atoms with Crippen molar-refractivity contribution in [2.45, 2.75) is 6.42 Å². The Morgan fingerprint density at radius 3 is 2.33 bits per heavy atom. The van der Waals surface area contributed by atoms with Crippen LogP contribution in [0.15, 0.2) is 54.6 Å². The molecule has 0 saturated heterocycles. The molecular weight excluding hydrogens is 268 g/mol. The van der Waals surface area contributed by atoms with E-state index < -0.39 is 12.0 Å². The quantitative estimate of drug-likeness (QED) is 0.937. The largest absolute Gasteiger partial charge is 0.419 e. The van der Waals surface area contributed by atoms with Crippen molar-refractivity contribution in [1.82, 2.24) is 5.32 Å². The van der Waals surface area contributed by atoms with Crippen molar-refractivity contribution in [3.63, 3.8) is 0 Å². The fourth-order valence-corrected chi connectivity index (χ4v) is 1.65. The summed E-state index contributed by atoms with van der Waals surface area (Å²) < 4.78 is 4.99. The molecule has 0 spiro atoms. The van der Waals surface area contributed by atoms with Crippen LogP contribution in [-0.2, 0) is 6.42 Å². The molecule has 0 atom stereocenters. The van der Waals surface area contributed by atoms with E-state index in [1.807, 2.05) is 6.07 Å². The zero-order valence-corrected chi connectivity index (χ0v) is 11.1. The maximum absolute atomic E-state index is 11.7. The standard InChI is InChI=1S/C16H12N2O3/c17-11-10-12-6-8-14(9-7-12)21-16(20)18-15(19)13-4-2-1-3-5-13/h1-9H,10H2,(H,18,19,20). The first-order valence-electron chi connectivity index (χ1n) is 6.23. The Balaban J connectivity index is 1.93. The van der Waals surface area contributed by atoms with E-state index in [-0.39, 0.29) is 0 Å². The number of imide groups is 1. The highest BCUT2D eigenvalue weighted by Gasteiger charge is 2.11. The van der Waals surface area contributed by atoms with Crippen molar-refractivity contribution < 1.29 is 14.3 Å². The number of benzene rings is 2. The number of nitrogens with zero attached hydrogens (tertiary/aromatic N) is 1. The molecule has 2 aromatic rings. The highest BCUT2D eigenvalue weighted by molar-refractivity contribution is 6.03. The number of nitriles is 1. The number of rotatable bonds is 3. The molecule has 0 radical (unpaired) electrons. The first-order chi connectivity index (χ1) is 10.2. The van der Waals surface area contributed by atoms with Crippen molar-refractivity contribution in [3.05, 3.63) is 65.7 Å². The Kier molecular flexibility index (Phi) is 4.67. The average molecular weight is 280 g/mol. The number of ether oxygens (including phenoxy) is 1. The normalized spacial score (nSPS) is 9.48. The highest BCUT2D eigenvalue weighted by atomic mass is 16.6. The number of hydrogen-bond acceptors (Lipinski definition) is 4. The predicted molar refractivity (Wildman–Crippen MR) is 75.7 cm³/mol. The smallest absolute Gasteiger partial charge is 0.410 e. The van der Waals surface area contributed by atoms with Crippen molar-refractivity contribution >= 4 is 12.0 Å². The lowest BCUT2D eigenvalue weighted by molar-refractivity contribution is 0.0951. The summed E-state index contributed by atoms with van der Waals surface area (Å²) in [6.07, 6.45) is -0.559. The van der Waals surface area contributed by atoms with Crippen LogP contribution in [0.2, 0.25) is 0 Å². The summed E-state index contributed by atoms with van der Waals surface area (Å²) in [7, 11) is 0. The Labute approximate surface area is 121 Å². The summed E-state index contributed by atoms with van der Waals surface area (Å²) in [5.41, 5.74) is 1.20. The van der Waals surface area contributed by atoms with Crippen LogP contribution in [0.25, 0.3) is 0 Å². The van der Waals surface area contributed by atoms with Gasteiger partial charge in [0.15, 0.2) is 0 Å². The second kappa shape index (κ2) is 6.87. The first-order valence-corrected chi connectivity index (χ1v) is 6.23. The Hall–Kier alpha value is -3.13. The van der Waals surface area contributed by atoms with E-state index in [1.54, 1.807) is 54.6 Å². The van der Waals surface area contributed by atoms with Crippen LogP contribution in [0.3, 0.4) is 0 Å². The van der Waals surface area contributed by atoms with E-state index in [0.717, 1.165) is 5.56 Å². The molecule has 0 fully saturated rings. The van der Waals surface area contributed by atoms with Crippen LogP contribution in [0.4, 0.5) is 4.79 Å². The Morgan fingerprint density at radius 1 is 1.05 bits per heavy atom. The van der Waals surface area contributed by atoms with Crippen LogP contribution >= 0.6 is 0 Å². The average Bonchev–Trinajstić information content (AvgIpc) is 2.50. The highest BCUT2D eigenvalue weighted by Crippen LogP contribution is 2.12. The first kappa shape index (κ1) is 14.3. The van der Waals surface area contributed by atoms with Gasteiger partial charge in [-0.2, -0.15) is 5.26 Å². The zero-order valence-electron chi connectivity index (χ0n) is 11.1. The minimum Gasteiger partial charge on any atom is -0.410 e. The van der Waals surface area contributed by atoms with E-state index in [4.69, 9.17) is 10.00 Å². The molecule has 21 heavy (non-hydrogen) atoms. The van der Waals surface area contributed by atoms with Crippen LogP contribution < -0.4 is 10.1 Å². The van der Waals surface area contributed by atoms with E-state index in [2.05, 4.69) is 5.32 Å². The number of carbonyl (C=O) groups is 2.